The van der Waals surface area contributed by atoms with Crippen molar-refractivity contribution in [1.29, 1.82) is 0 Å². The van der Waals surface area contributed by atoms with E-state index >= 15 is 0 Å². The molecular weight excluding hydrogens is 384 g/mol. The van der Waals surface area contributed by atoms with Gasteiger partial charge in [0.05, 0.1) is 23.5 Å². The third-order valence-electron chi connectivity index (χ3n) is 4.40. The topological polar surface area (TPSA) is 97.3 Å². The number of aromatic nitrogens is 3. The second-order valence-corrected chi connectivity index (χ2v) is 8.34. The van der Waals surface area contributed by atoms with Crippen molar-refractivity contribution in [2.45, 2.75) is 79.4 Å². The molecular formula is C22H32N4O4. The quantitative estimate of drug-likeness (QED) is 0.748. The van der Waals surface area contributed by atoms with Crippen LogP contribution in [0.1, 0.15) is 82.0 Å². The van der Waals surface area contributed by atoms with Crippen LogP contribution in [-0.2, 0) is 11.3 Å². The average molecular weight is 417 g/mol. The van der Waals surface area contributed by atoms with E-state index in [9.17, 15) is 14.4 Å². The molecule has 0 unspecified atom stereocenters. The highest BCUT2D eigenvalue weighted by atomic mass is 16.6. The molecule has 2 amide bonds. The maximum Gasteiger partial charge on any atom is 0.417 e. The molecule has 0 fully saturated rings. The van der Waals surface area contributed by atoms with Crippen molar-refractivity contribution in [1.82, 2.24) is 19.7 Å². The van der Waals surface area contributed by atoms with E-state index in [1.54, 1.807) is 33.8 Å². The number of hydrogen-bond acceptors (Lipinski definition) is 5. The molecule has 2 aromatic rings. The average Bonchev–Trinajstić information content (AvgIpc) is 3.22. The van der Waals surface area contributed by atoms with Crippen molar-refractivity contribution in [2.24, 2.45) is 0 Å². The number of hydrogen-bond donors (Lipinski definition) is 1. The van der Waals surface area contributed by atoms with E-state index in [0.717, 1.165) is 4.90 Å². The van der Waals surface area contributed by atoms with Gasteiger partial charge in [0, 0.05) is 18.0 Å². The third-order valence-corrected chi connectivity index (χ3v) is 4.40. The second-order valence-electron chi connectivity index (χ2n) is 8.34. The van der Waals surface area contributed by atoms with Gasteiger partial charge in [-0.05, 0) is 33.8 Å². The predicted molar refractivity (Wildman–Crippen MR) is 115 cm³/mol. The van der Waals surface area contributed by atoms with Crippen LogP contribution in [0.2, 0.25) is 0 Å². The number of unbranched alkanes of at least 4 members (excludes halogenated alkanes) is 3. The predicted octanol–water partition coefficient (Wildman–Crippen LogP) is 4.35. The van der Waals surface area contributed by atoms with E-state index in [-0.39, 0.29) is 12.1 Å². The van der Waals surface area contributed by atoms with E-state index in [1.165, 1.54) is 42.6 Å². The molecule has 3 heterocycles. The summed E-state index contributed by atoms with van der Waals surface area (Å²) < 4.78 is 6.73. The molecule has 1 aliphatic heterocycles. The molecule has 0 saturated carbocycles. The van der Waals surface area contributed by atoms with Crippen LogP contribution in [0.5, 0.6) is 0 Å². The van der Waals surface area contributed by atoms with Gasteiger partial charge in [-0.25, -0.2) is 9.69 Å². The molecule has 0 atom stereocenters. The minimum absolute atomic E-state index is 0.0449. The molecule has 0 spiro atoms. The first-order valence-corrected chi connectivity index (χ1v) is 10.4. The number of H-pyrrole nitrogens is 1. The minimum atomic E-state index is -0.713. The van der Waals surface area contributed by atoms with Crippen LogP contribution in [0.4, 0.5) is 4.79 Å². The van der Waals surface area contributed by atoms with Crippen LogP contribution in [0, 0.1) is 6.92 Å². The second kappa shape index (κ2) is 9.73. The molecule has 0 aliphatic carbocycles. The number of nitrogens with one attached hydrogen (secondary N) is 1. The van der Waals surface area contributed by atoms with Crippen molar-refractivity contribution in [2.75, 3.05) is 0 Å². The number of ether oxygens (including phenoxy) is 1. The number of fused-ring (bicyclic) bond motifs is 1. The highest BCUT2D eigenvalue weighted by Crippen LogP contribution is 2.28. The molecule has 3 rings (SSSR count). The Hall–Kier alpha value is -2.90. The smallest absolute Gasteiger partial charge is 0.417 e. The Kier molecular flexibility index (Phi) is 7.59. The maximum atomic E-state index is 12.7. The zero-order valence-corrected chi connectivity index (χ0v) is 18.7. The van der Waals surface area contributed by atoms with Gasteiger partial charge in [0.1, 0.15) is 5.60 Å². The van der Waals surface area contributed by atoms with Crippen molar-refractivity contribution < 1.29 is 14.3 Å². The lowest BCUT2D eigenvalue weighted by Crippen LogP contribution is -2.37. The molecule has 8 heteroatoms. The first-order valence-electron chi connectivity index (χ1n) is 10.4. The van der Waals surface area contributed by atoms with Crippen LogP contribution in [-0.4, -0.2) is 37.3 Å². The fourth-order valence-corrected chi connectivity index (χ4v) is 3.05. The van der Waals surface area contributed by atoms with Gasteiger partial charge in [-0.2, -0.15) is 0 Å². The number of rotatable bonds is 4. The van der Waals surface area contributed by atoms with Gasteiger partial charge >= 0.3 is 6.09 Å². The number of aryl methyl sites for hydroxylation is 1. The summed E-state index contributed by atoms with van der Waals surface area (Å²) in [5, 5.41) is 2.60. The summed E-state index contributed by atoms with van der Waals surface area (Å²) in [7, 11) is 0. The number of carbonyl (C=O) groups excluding carboxylic acids is 2. The van der Waals surface area contributed by atoms with Crippen LogP contribution >= 0.6 is 0 Å². The standard InChI is InChI=1S/C16H18N4O4.C6H14/c1-9-7-11(20-6-5-12(21)18-20)13-10(17-9)8-19(14(13)22)15(23)24-16(2,3)4;1-3-5-6-4-2/h5-7H,8H2,1-4H3,(H,18,21);3-6H2,1-2H3. The number of imide groups is 1. The number of aromatic amines is 1. The number of pyridine rings is 1. The molecule has 8 nitrogen and oxygen atoms in total. The number of nitrogens with zero attached hydrogens (tertiary/aromatic N) is 3. The fourth-order valence-electron chi connectivity index (χ4n) is 3.05. The Balaban J connectivity index is 0.000000469. The SMILES string of the molecule is CCCCCC.Cc1cc(-n2ccc(=O)[nH]2)c2c(n1)CN(C(=O)OC(C)(C)C)C2=O. The number of carbonyl (C=O) groups is 2. The van der Waals surface area contributed by atoms with Gasteiger partial charge in [-0.15, -0.1) is 0 Å². The van der Waals surface area contributed by atoms with Gasteiger partial charge in [0.15, 0.2) is 0 Å². The Morgan fingerprint density at radius 3 is 2.33 bits per heavy atom. The van der Waals surface area contributed by atoms with E-state index in [0.29, 0.717) is 22.6 Å². The lowest BCUT2D eigenvalue weighted by Gasteiger charge is -2.23. The zero-order chi connectivity index (χ0) is 22.5. The van der Waals surface area contributed by atoms with Crippen LogP contribution in [0.25, 0.3) is 5.69 Å². The molecule has 164 valence electrons. The van der Waals surface area contributed by atoms with Crippen molar-refractivity contribution in [3.8, 4) is 5.69 Å². The highest BCUT2D eigenvalue weighted by Gasteiger charge is 2.38. The van der Waals surface area contributed by atoms with Gasteiger partial charge in [0.25, 0.3) is 11.5 Å². The highest BCUT2D eigenvalue weighted by molar-refractivity contribution is 6.08. The van der Waals surface area contributed by atoms with Gasteiger partial charge in [-0.3, -0.25) is 24.4 Å². The molecule has 0 saturated heterocycles. The summed E-state index contributed by atoms with van der Waals surface area (Å²) in [4.78, 5) is 41.8. The summed E-state index contributed by atoms with van der Waals surface area (Å²) in [6.45, 7) is 11.5. The Labute approximate surface area is 177 Å². The van der Waals surface area contributed by atoms with E-state index in [4.69, 9.17) is 4.74 Å². The summed E-state index contributed by atoms with van der Waals surface area (Å²) in [5.74, 6) is -0.490. The van der Waals surface area contributed by atoms with E-state index < -0.39 is 17.6 Å². The lowest BCUT2D eigenvalue weighted by atomic mass is 10.1. The molecule has 2 aromatic heterocycles. The Bertz CT molecular complexity index is 949. The molecule has 30 heavy (non-hydrogen) atoms. The molecule has 1 aliphatic rings. The molecule has 0 radical (unpaired) electrons. The maximum absolute atomic E-state index is 12.7. The van der Waals surface area contributed by atoms with Crippen molar-refractivity contribution >= 4 is 12.0 Å². The largest absolute Gasteiger partial charge is 0.443 e. The van der Waals surface area contributed by atoms with Gasteiger partial charge < -0.3 is 4.74 Å². The number of amides is 2. The van der Waals surface area contributed by atoms with E-state index in [1.807, 2.05) is 0 Å². The van der Waals surface area contributed by atoms with Crippen molar-refractivity contribution in [3.63, 3.8) is 0 Å². The van der Waals surface area contributed by atoms with Crippen LogP contribution in [0.15, 0.2) is 23.1 Å². The zero-order valence-electron chi connectivity index (χ0n) is 18.7. The molecule has 0 aromatic carbocycles. The normalized spacial score (nSPS) is 13.0. The summed E-state index contributed by atoms with van der Waals surface area (Å²) in [5.41, 5.74) is 0.943. The third kappa shape index (κ3) is 5.81. The minimum Gasteiger partial charge on any atom is -0.443 e. The van der Waals surface area contributed by atoms with Crippen LogP contribution in [0.3, 0.4) is 0 Å². The summed E-state index contributed by atoms with van der Waals surface area (Å²) in [6.07, 6.45) is 6.35. The van der Waals surface area contributed by atoms with Crippen LogP contribution < -0.4 is 5.56 Å². The Morgan fingerprint density at radius 2 is 1.83 bits per heavy atom. The summed E-state index contributed by atoms with van der Waals surface area (Å²) in [6, 6.07) is 3.04. The molecule has 0 bridgehead atoms. The Morgan fingerprint density at radius 1 is 1.20 bits per heavy atom. The van der Waals surface area contributed by atoms with Crippen molar-refractivity contribution in [3.05, 3.63) is 45.6 Å². The first-order chi connectivity index (χ1) is 14.1. The monoisotopic (exact) mass is 416 g/mol. The first kappa shape index (κ1) is 23.4. The van der Waals surface area contributed by atoms with E-state index in [2.05, 4.69) is 23.9 Å². The van der Waals surface area contributed by atoms with Gasteiger partial charge in [0.2, 0.25) is 0 Å². The lowest BCUT2D eigenvalue weighted by molar-refractivity contribution is 0.0247. The fraction of sp³-hybridized carbons (Fsp3) is 0.545. The molecule has 1 N–H and O–H groups in total. The van der Waals surface area contributed by atoms with Gasteiger partial charge in [-0.1, -0.05) is 39.5 Å². The summed E-state index contributed by atoms with van der Waals surface area (Å²) >= 11 is 0.